The highest BCUT2D eigenvalue weighted by molar-refractivity contribution is 6.04. The first-order chi connectivity index (χ1) is 12.3. The zero-order valence-electron chi connectivity index (χ0n) is 16.2. The van der Waals surface area contributed by atoms with Crippen LogP contribution in [0.4, 0.5) is 0 Å². The number of methoxy groups -OCH3 is 1. The summed E-state index contributed by atoms with van der Waals surface area (Å²) in [6.07, 6.45) is 2.00. The fourth-order valence-electron chi connectivity index (χ4n) is 2.93. The van der Waals surface area contributed by atoms with E-state index in [0.717, 1.165) is 31.7 Å². The van der Waals surface area contributed by atoms with Crippen molar-refractivity contribution in [3.8, 4) is 11.5 Å². The van der Waals surface area contributed by atoms with Crippen molar-refractivity contribution in [2.75, 3.05) is 33.4 Å². The Hall–Kier alpha value is -2.24. The number of rotatable bonds is 7. The Kier molecular flexibility index (Phi) is 6.89. The molecule has 0 aliphatic carbocycles. The van der Waals surface area contributed by atoms with Crippen LogP contribution < -0.4 is 14.8 Å². The summed E-state index contributed by atoms with van der Waals surface area (Å²) in [5.74, 6) is 1.75. The minimum Gasteiger partial charge on any atom is -0.497 e. The van der Waals surface area contributed by atoms with Crippen molar-refractivity contribution in [1.82, 2.24) is 10.2 Å². The van der Waals surface area contributed by atoms with Crippen molar-refractivity contribution in [1.29, 1.82) is 0 Å². The molecule has 6 heteroatoms. The van der Waals surface area contributed by atoms with E-state index in [1.165, 1.54) is 0 Å². The monoisotopic (exact) mass is 362 g/mol. The second-order valence-corrected chi connectivity index (χ2v) is 7.38. The predicted molar refractivity (Wildman–Crippen MR) is 100 cm³/mol. The molecule has 26 heavy (non-hydrogen) atoms. The number of hydrogen-bond donors (Lipinski definition) is 1. The molecule has 2 rings (SSSR count). The molecule has 144 valence electrons. The van der Waals surface area contributed by atoms with Gasteiger partial charge in [0.25, 0.3) is 0 Å². The molecule has 2 amide bonds. The van der Waals surface area contributed by atoms with E-state index in [-0.39, 0.29) is 11.8 Å². The summed E-state index contributed by atoms with van der Waals surface area (Å²) in [5, 5.41) is 2.81. The van der Waals surface area contributed by atoms with Crippen LogP contribution in [0.1, 0.15) is 33.6 Å². The van der Waals surface area contributed by atoms with Gasteiger partial charge in [-0.15, -0.1) is 0 Å². The second-order valence-electron chi connectivity index (χ2n) is 7.38. The normalized spacial score (nSPS) is 15.5. The average Bonchev–Trinajstić information content (AvgIpc) is 2.65. The summed E-state index contributed by atoms with van der Waals surface area (Å²) in [4.78, 5) is 27.0. The lowest BCUT2D eigenvalue weighted by Crippen LogP contribution is -2.51. The molecular weight excluding hydrogens is 332 g/mol. The average molecular weight is 362 g/mol. The van der Waals surface area contributed by atoms with Gasteiger partial charge in [0.15, 0.2) is 0 Å². The molecule has 0 saturated carbocycles. The molecule has 0 atom stereocenters. The molecule has 0 spiro atoms. The molecule has 1 aliphatic heterocycles. The van der Waals surface area contributed by atoms with Gasteiger partial charge in [-0.3, -0.25) is 9.59 Å². The smallest absolute Gasteiger partial charge is 0.237 e. The largest absolute Gasteiger partial charge is 0.497 e. The topological polar surface area (TPSA) is 67.9 Å². The lowest BCUT2D eigenvalue weighted by Gasteiger charge is -2.35. The van der Waals surface area contributed by atoms with Gasteiger partial charge in [-0.05, 0) is 56.9 Å². The maximum Gasteiger partial charge on any atom is 0.237 e. The van der Waals surface area contributed by atoms with E-state index in [1.807, 2.05) is 29.2 Å². The van der Waals surface area contributed by atoms with Gasteiger partial charge in [0.05, 0.1) is 13.7 Å². The zero-order chi connectivity index (χ0) is 19.2. The molecule has 0 unspecified atom stereocenters. The van der Waals surface area contributed by atoms with E-state index in [2.05, 4.69) is 12.2 Å². The molecule has 0 radical (unpaired) electrons. The lowest BCUT2D eigenvalue weighted by molar-refractivity contribution is -0.149. The summed E-state index contributed by atoms with van der Waals surface area (Å²) < 4.78 is 10.7. The number of likely N-dealkylation sites (tertiary alicyclic amines) is 1. The van der Waals surface area contributed by atoms with Crippen molar-refractivity contribution in [3.05, 3.63) is 24.3 Å². The maximum absolute atomic E-state index is 12.7. The molecule has 0 aromatic heterocycles. The van der Waals surface area contributed by atoms with Gasteiger partial charge in [0, 0.05) is 13.1 Å². The van der Waals surface area contributed by atoms with Crippen LogP contribution in [0.3, 0.4) is 0 Å². The van der Waals surface area contributed by atoms with Gasteiger partial charge in [-0.2, -0.15) is 0 Å². The molecule has 1 fully saturated rings. The minimum atomic E-state index is -1.07. The number of amides is 2. The molecule has 1 saturated heterocycles. The summed E-state index contributed by atoms with van der Waals surface area (Å²) in [5.41, 5.74) is -1.07. The fourth-order valence-corrected chi connectivity index (χ4v) is 2.93. The number of benzene rings is 1. The maximum atomic E-state index is 12.7. The predicted octanol–water partition coefficient (Wildman–Crippen LogP) is 2.47. The van der Waals surface area contributed by atoms with E-state index in [0.29, 0.717) is 24.8 Å². The Labute approximate surface area is 155 Å². The molecule has 6 nitrogen and oxygen atoms in total. The quantitative estimate of drug-likeness (QED) is 0.598. The zero-order valence-corrected chi connectivity index (χ0v) is 16.2. The van der Waals surface area contributed by atoms with Crippen molar-refractivity contribution < 1.29 is 19.1 Å². The van der Waals surface area contributed by atoms with Crippen LogP contribution in [0.25, 0.3) is 0 Å². The number of ether oxygens (including phenoxy) is 2. The molecule has 1 heterocycles. The highest BCUT2D eigenvalue weighted by Crippen LogP contribution is 2.24. The van der Waals surface area contributed by atoms with Crippen LogP contribution in [0.5, 0.6) is 11.5 Å². The molecule has 0 bridgehead atoms. The highest BCUT2D eigenvalue weighted by Gasteiger charge is 2.39. The van der Waals surface area contributed by atoms with E-state index in [9.17, 15) is 9.59 Å². The number of carbonyl (C=O) groups is 2. The van der Waals surface area contributed by atoms with Crippen molar-refractivity contribution >= 4 is 11.8 Å². The third-order valence-electron chi connectivity index (χ3n) is 4.89. The lowest BCUT2D eigenvalue weighted by atomic mass is 9.88. The second kappa shape index (κ2) is 8.92. The number of carbonyl (C=O) groups excluding carboxylic acids is 2. The molecule has 1 aromatic carbocycles. The Bertz CT molecular complexity index is 605. The third-order valence-corrected chi connectivity index (χ3v) is 4.89. The van der Waals surface area contributed by atoms with Gasteiger partial charge >= 0.3 is 0 Å². The fraction of sp³-hybridized carbons (Fsp3) is 0.600. The van der Waals surface area contributed by atoms with E-state index < -0.39 is 5.41 Å². The summed E-state index contributed by atoms with van der Waals surface area (Å²) >= 11 is 0. The number of nitrogens with zero attached hydrogens (tertiary/aromatic N) is 1. The van der Waals surface area contributed by atoms with E-state index in [1.54, 1.807) is 21.0 Å². The number of nitrogens with one attached hydrogen (secondary N) is 1. The van der Waals surface area contributed by atoms with Gasteiger partial charge < -0.3 is 19.7 Å². The Morgan fingerprint density at radius 2 is 1.73 bits per heavy atom. The van der Waals surface area contributed by atoms with Crippen LogP contribution in [-0.2, 0) is 9.59 Å². The first-order valence-corrected chi connectivity index (χ1v) is 9.19. The van der Waals surface area contributed by atoms with Gasteiger partial charge in [-0.25, -0.2) is 0 Å². The van der Waals surface area contributed by atoms with Gasteiger partial charge in [0.1, 0.15) is 23.5 Å². The van der Waals surface area contributed by atoms with E-state index >= 15 is 0 Å². The summed E-state index contributed by atoms with van der Waals surface area (Å²) in [7, 11) is 1.61. The number of hydrogen-bond acceptors (Lipinski definition) is 4. The Morgan fingerprint density at radius 3 is 2.31 bits per heavy atom. The van der Waals surface area contributed by atoms with Gasteiger partial charge in [0.2, 0.25) is 11.8 Å². The van der Waals surface area contributed by atoms with Crippen LogP contribution in [0.2, 0.25) is 0 Å². The summed E-state index contributed by atoms with van der Waals surface area (Å²) in [6, 6.07) is 7.25. The Morgan fingerprint density at radius 1 is 1.15 bits per heavy atom. The standard InChI is InChI=1S/C20H30N2O4/c1-15-9-12-22(13-10-15)19(24)20(2,3)18(23)21-11-14-26-17-7-5-16(25-4)6-8-17/h5-8,15H,9-14H2,1-4H3,(H,21,23). The molecular formula is C20H30N2O4. The number of piperidine rings is 1. The van der Waals surface area contributed by atoms with Crippen molar-refractivity contribution in [2.45, 2.75) is 33.6 Å². The van der Waals surface area contributed by atoms with Crippen LogP contribution >= 0.6 is 0 Å². The third kappa shape index (κ3) is 5.13. The van der Waals surface area contributed by atoms with Crippen molar-refractivity contribution in [2.24, 2.45) is 11.3 Å². The Balaban J connectivity index is 1.77. The van der Waals surface area contributed by atoms with Crippen molar-refractivity contribution in [3.63, 3.8) is 0 Å². The highest BCUT2D eigenvalue weighted by atomic mass is 16.5. The van der Waals surface area contributed by atoms with Crippen LogP contribution in [0, 0.1) is 11.3 Å². The van der Waals surface area contributed by atoms with Gasteiger partial charge in [-0.1, -0.05) is 6.92 Å². The molecule has 1 aliphatic rings. The summed E-state index contributed by atoms with van der Waals surface area (Å²) in [6.45, 7) is 7.72. The minimum absolute atomic E-state index is 0.0991. The molecule has 1 aromatic rings. The van der Waals surface area contributed by atoms with Crippen LogP contribution in [-0.4, -0.2) is 50.1 Å². The first-order valence-electron chi connectivity index (χ1n) is 9.19. The SMILES string of the molecule is COc1ccc(OCCNC(=O)C(C)(C)C(=O)N2CCC(C)CC2)cc1. The van der Waals surface area contributed by atoms with E-state index in [4.69, 9.17) is 9.47 Å². The van der Waals surface area contributed by atoms with Crippen LogP contribution in [0.15, 0.2) is 24.3 Å². The molecule has 1 N–H and O–H groups in total. The first kappa shape index (κ1) is 20.1.